The third kappa shape index (κ3) is 5.32. The summed E-state index contributed by atoms with van der Waals surface area (Å²) in [4.78, 5) is 14.3. The van der Waals surface area contributed by atoms with Crippen molar-refractivity contribution in [1.29, 1.82) is 0 Å². The average molecular weight is 604 g/mol. The molecule has 4 aromatic carbocycles. The number of hydrogen-bond donors (Lipinski definition) is 1. The van der Waals surface area contributed by atoms with Crippen molar-refractivity contribution in [3.8, 4) is 50.6 Å². The van der Waals surface area contributed by atoms with Crippen LogP contribution in [-0.2, 0) is 10.8 Å². The Morgan fingerprint density at radius 2 is 1.37 bits per heavy atom. The normalized spacial score (nSPS) is 12.2. The van der Waals surface area contributed by atoms with Gasteiger partial charge in [-0.1, -0.05) is 84.0 Å². The zero-order chi connectivity index (χ0) is 32.2. The van der Waals surface area contributed by atoms with Gasteiger partial charge in [0.1, 0.15) is 11.3 Å². The van der Waals surface area contributed by atoms with Crippen LogP contribution >= 0.6 is 0 Å². The highest BCUT2D eigenvalue weighted by Crippen LogP contribution is 2.42. The molecule has 0 unspecified atom stereocenters. The summed E-state index contributed by atoms with van der Waals surface area (Å²) in [6, 6.07) is 30.7. The Morgan fingerprint density at radius 3 is 2.09 bits per heavy atom. The van der Waals surface area contributed by atoms with E-state index in [-0.39, 0.29) is 16.6 Å². The summed E-state index contributed by atoms with van der Waals surface area (Å²) >= 11 is 0. The molecule has 46 heavy (non-hydrogen) atoms. The van der Waals surface area contributed by atoms with Gasteiger partial charge in [0.25, 0.3) is 0 Å². The standard InChI is InChI=1S/C41H37N3O2/c1-40(2,3)29-20-27(30-13-9-15-36-38(30)44-39(46-36)31-12-7-8-14-35(31)45)19-28(21-29)32-22-26(25-11-10-17-42-24-25)23-33-34(41(4,5)6)16-18-43-37(32)33/h7-24,45H,1-6H3. The average Bonchev–Trinajstić information content (AvgIpc) is 3.48. The Hall–Kier alpha value is -5.29. The molecule has 1 N–H and O–H groups in total. The number of rotatable bonds is 4. The van der Waals surface area contributed by atoms with Crippen molar-refractivity contribution in [3.63, 3.8) is 0 Å². The third-order valence-electron chi connectivity index (χ3n) is 8.62. The Morgan fingerprint density at radius 1 is 0.609 bits per heavy atom. The minimum atomic E-state index is -0.121. The summed E-state index contributed by atoms with van der Waals surface area (Å²) in [5.41, 5.74) is 11.5. The van der Waals surface area contributed by atoms with Crippen LogP contribution < -0.4 is 0 Å². The lowest BCUT2D eigenvalue weighted by Gasteiger charge is -2.24. The van der Waals surface area contributed by atoms with E-state index in [1.807, 2.05) is 48.9 Å². The summed E-state index contributed by atoms with van der Waals surface area (Å²) in [6.45, 7) is 13.5. The molecule has 5 heteroatoms. The zero-order valence-electron chi connectivity index (χ0n) is 27.1. The molecule has 0 amide bonds. The first-order valence-corrected chi connectivity index (χ1v) is 15.7. The van der Waals surface area contributed by atoms with Crippen LogP contribution in [0.5, 0.6) is 5.75 Å². The van der Waals surface area contributed by atoms with Crippen LogP contribution in [-0.4, -0.2) is 20.1 Å². The molecule has 7 aromatic rings. The molecular formula is C41H37N3O2. The molecule has 0 aliphatic rings. The molecular weight excluding hydrogens is 566 g/mol. The van der Waals surface area contributed by atoms with Gasteiger partial charge in [0.15, 0.2) is 5.58 Å². The van der Waals surface area contributed by atoms with E-state index in [4.69, 9.17) is 14.4 Å². The second-order valence-corrected chi connectivity index (χ2v) is 14.0. The first kappa shape index (κ1) is 29.4. The molecule has 0 aliphatic carbocycles. The van der Waals surface area contributed by atoms with Crippen LogP contribution in [0.3, 0.4) is 0 Å². The van der Waals surface area contributed by atoms with Gasteiger partial charge in [-0.05, 0) is 87.2 Å². The smallest absolute Gasteiger partial charge is 0.231 e. The molecule has 5 nitrogen and oxygen atoms in total. The molecule has 0 saturated heterocycles. The van der Waals surface area contributed by atoms with E-state index in [9.17, 15) is 5.11 Å². The first-order chi connectivity index (χ1) is 22.0. The van der Waals surface area contributed by atoms with E-state index in [1.54, 1.807) is 12.1 Å². The molecule has 0 aliphatic heterocycles. The maximum Gasteiger partial charge on any atom is 0.231 e. The number of pyridine rings is 2. The fraction of sp³-hybridized carbons (Fsp3) is 0.195. The highest BCUT2D eigenvalue weighted by molar-refractivity contribution is 6.01. The number of benzene rings is 4. The highest BCUT2D eigenvalue weighted by Gasteiger charge is 2.23. The van der Waals surface area contributed by atoms with Gasteiger partial charge in [0.2, 0.25) is 5.89 Å². The van der Waals surface area contributed by atoms with E-state index in [0.29, 0.717) is 17.0 Å². The number of nitrogens with zero attached hydrogens (tertiary/aromatic N) is 3. The van der Waals surface area contributed by atoms with E-state index in [0.717, 1.165) is 49.8 Å². The van der Waals surface area contributed by atoms with Gasteiger partial charge >= 0.3 is 0 Å². The molecule has 0 fully saturated rings. The minimum Gasteiger partial charge on any atom is -0.507 e. The van der Waals surface area contributed by atoms with Crippen LogP contribution in [0.25, 0.3) is 66.8 Å². The quantitative estimate of drug-likeness (QED) is 0.217. The second-order valence-electron chi connectivity index (χ2n) is 14.0. The van der Waals surface area contributed by atoms with Crippen molar-refractivity contribution in [2.24, 2.45) is 0 Å². The summed E-state index contributed by atoms with van der Waals surface area (Å²) < 4.78 is 6.19. The van der Waals surface area contributed by atoms with Gasteiger partial charge in [-0.15, -0.1) is 0 Å². The van der Waals surface area contributed by atoms with E-state index in [2.05, 4.69) is 95.1 Å². The highest BCUT2D eigenvalue weighted by atomic mass is 16.3. The Kier molecular flexibility index (Phi) is 7.01. The Balaban J connectivity index is 1.51. The van der Waals surface area contributed by atoms with Crippen molar-refractivity contribution in [2.75, 3.05) is 0 Å². The van der Waals surface area contributed by atoms with Gasteiger partial charge in [0, 0.05) is 40.7 Å². The summed E-state index contributed by atoms with van der Waals surface area (Å²) in [7, 11) is 0. The van der Waals surface area contributed by atoms with Crippen molar-refractivity contribution in [1.82, 2.24) is 15.0 Å². The number of phenols is 1. The van der Waals surface area contributed by atoms with Crippen molar-refractivity contribution < 1.29 is 9.52 Å². The lowest BCUT2D eigenvalue weighted by molar-refractivity contribution is 0.474. The predicted molar refractivity (Wildman–Crippen MR) is 188 cm³/mol. The Bertz CT molecular complexity index is 2240. The van der Waals surface area contributed by atoms with Gasteiger partial charge < -0.3 is 9.52 Å². The van der Waals surface area contributed by atoms with E-state index < -0.39 is 0 Å². The van der Waals surface area contributed by atoms with Crippen molar-refractivity contribution in [3.05, 3.63) is 121 Å². The number of para-hydroxylation sites is 2. The molecule has 0 radical (unpaired) electrons. The number of aromatic hydroxyl groups is 1. The SMILES string of the molecule is CC(C)(C)c1cc(-c2cccc3oc(-c4ccccc4O)nc23)cc(-c2cc(-c3cccnc3)cc3c(C(C)(C)C)ccnc23)c1. The molecule has 3 aromatic heterocycles. The number of aromatic nitrogens is 3. The molecule has 3 heterocycles. The fourth-order valence-corrected chi connectivity index (χ4v) is 6.15. The first-order valence-electron chi connectivity index (χ1n) is 15.7. The van der Waals surface area contributed by atoms with Crippen molar-refractivity contribution in [2.45, 2.75) is 52.4 Å². The molecule has 0 saturated carbocycles. The summed E-state index contributed by atoms with van der Waals surface area (Å²) in [6.07, 6.45) is 5.66. The van der Waals surface area contributed by atoms with E-state index >= 15 is 0 Å². The van der Waals surface area contributed by atoms with Crippen LogP contribution in [0.4, 0.5) is 0 Å². The van der Waals surface area contributed by atoms with Crippen LogP contribution in [0, 0.1) is 0 Å². The molecule has 228 valence electrons. The van der Waals surface area contributed by atoms with Gasteiger partial charge in [-0.2, -0.15) is 0 Å². The monoisotopic (exact) mass is 603 g/mol. The topological polar surface area (TPSA) is 72.0 Å². The van der Waals surface area contributed by atoms with Gasteiger partial charge in [-0.3, -0.25) is 9.97 Å². The van der Waals surface area contributed by atoms with Crippen LogP contribution in [0.1, 0.15) is 52.7 Å². The number of hydrogen-bond acceptors (Lipinski definition) is 5. The minimum absolute atomic E-state index is 0.0715. The number of oxazole rings is 1. The van der Waals surface area contributed by atoms with Crippen LogP contribution in [0.2, 0.25) is 0 Å². The maximum absolute atomic E-state index is 10.5. The molecule has 0 spiro atoms. The predicted octanol–water partition coefficient (Wildman–Crippen LogP) is 10.7. The molecule has 0 atom stereocenters. The lowest BCUT2D eigenvalue weighted by Crippen LogP contribution is -2.12. The van der Waals surface area contributed by atoms with Crippen molar-refractivity contribution >= 4 is 22.0 Å². The number of fused-ring (bicyclic) bond motifs is 2. The molecule has 0 bridgehead atoms. The largest absolute Gasteiger partial charge is 0.507 e. The Labute approximate surface area is 269 Å². The summed E-state index contributed by atoms with van der Waals surface area (Å²) in [5.74, 6) is 0.525. The fourth-order valence-electron chi connectivity index (χ4n) is 6.15. The van der Waals surface area contributed by atoms with Crippen LogP contribution in [0.15, 0.2) is 114 Å². The van der Waals surface area contributed by atoms with Gasteiger partial charge in [0.05, 0.1) is 11.1 Å². The third-order valence-corrected chi connectivity index (χ3v) is 8.62. The van der Waals surface area contributed by atoms with E-state index in [1.165, 1.54) is 11.1 Å². The lowest BCUT2D eigenvalue weighted by atomic mass is 9.81. The number of phenolic OH excluding ortho intramolecular Hbond substituents is 1. The zero-order valence-corrected chi connectivity index (χ0v) is 27.1. The maximum atomic E-state index is 10.5. The second kappa shape index (κ2) is 11.0. The summed E-state index contributed by atoms with van der Waals surface area (Å²) in [5, 5.41) is 11.7. The molecule has 7 rings (SSSR count). The van der Waals surface area contributed by atoms with Gasteiger partial charge in [-0.25, -0.2) is 4.98 Å².